The van der Waals surface area contributed by atoms with Gasteiger partial charge in [0.15, 0.2) is 0 Å². The van der Waals surface area contributed by atoms with E-state index in [0.29, 0.717) is 24.0 Å². The van der Waals surface area contributed by atoms with Crippen LogP contribution < -0.4 is 10.9 Å². The summed E-state index contributed by atoms with van der Waals surface area (Å²) in [5.41, 5.74) is 0.522. The maximum atomic E-state index is 12.3. The number of hydrogen-bond acceptors (Lipinski definition) is 3. The summed E-state index contributed by atoms with van der Waals surface area (Å²) in [7, 11) is 0. The van der Waals surface area contributed by atoms with E-state index in [2.05, 4.69) is 10.3 Å². The summed E-state index contributed by atoms with van der Waals surface area (Å²) >= 11 is 0. The number of aromatic amines is 1. The monoisotopic (exact) mass is 288 g/mol. The first-order valence-corrected chi connectivity index (χ1v) is 6.94. The van der Waals surface area contributed by atoms with E-state index < -0.39 is 0 Å². The molecule has 1 heterocycles. The quantitative estimate of drug-likeness (QED) is 0.782. The molecule has 5 heteroatoms. The highest BCUT2D eigenvalue weighted by Gasteiger charge is 2.19. The van der Waals surface area contributed by atoms with Crippen molar-refractivity contribution in [3.63, 3.8) is 0 Å². The number of aliphatic hydroxyl groups excluding tert-OH is 1. The van der Waals surface area contributed by atoms with Crippen molar-refractivity contribution in [2.24, 2.45) is 5.41 Å². The smallest absolute Gasteiger partial charge is 0.252 e. The molecule has 2 rings (SSSR count). The van der Waals surface area contributed by atoms with Gasteiger partial charge in [0, 0.05) is 30.1 Å². The summed E-state index contributed by atoms with van der Waals surface area (Å²) in [6.45, 7) is 4.46. The Balaban J connectivity index is 2.26. The SMILES string of the molecule is CC(C)(CCO)CNC(=O)c1cc(=O)[nH]c2ccccc12. The van der Waals surface area contributed by atoms with E-state index in [0.717, 1.165) is 5.39 Å². The number of aromatic nitrogens is 1. The molecular weight excluding hydrogens is 268 g/mol. The van der Waals surface area contributed by atoms with E-state index in [1.807, 2.05) is 26.0 Å². The van der Waals surface area contributed by atoms with E-state index in [1.165, 1.54) is 6.07 Å². The van der Waals surface area contributed by atoms with Gasteiger partial charge >= 0.3 is 0 Å². The second-order valence-electron chi connectivity index (χ2n) is 5.91. The van der Waals surface area contributed by atoms with Gasteiger partial charge in [0.25, 0.3) is 5.91 Å². The second kappa shape index (κ2) is 6.10. The van der Waals surface area contributed by atoms with Crippen LogP contribution in [0.15, 0.2) is 35.1 Å². The maximum absolute atomic E-state index is 12.3. The minimum atomic E-state index is -0.298. The Bertz CT molecular complexity index is 704. The van der Waals surface area contributed by atoms with Gasteiger partial charge in [-0.2, -0.15) is 0 Å². The van der Waals surface area contributed by atoms with Crippen LogP contribution in [-0.2, 0) is 0 Å². The van der Waals surface area contributed by atoms with Crippen molar-refractivity contribution in [3.8, 4) is 0 Å². The number of fused-ring (bicyclic) bond motifs is 1. The lowest BCUT2D eigenvalue weighted by Gasteiger charge is -2.23. The predicted octanol–water partition coefficient (Wildman–Crippen LogP) is 1.67. The fourth-order valence-corrected chi connectivity index (χ4v) is 2.20. The van der Waals surface area contributed by atoms with Gasteiger partial charge in [-0.05, 0) is 17.9 Å². The highest BCUT2D eigenvalue weighted by atomic mass is 16.3. The molecule has 0 fully saturated rings. The van der Waals surface area contributed by atoms with E-state index in [-0.39, 0.29) is 23.5 Å². The number of carbonyl (C=O) groups excluding carboxylic acids is 1. The van der Waals surface area contributed by atoms with Crippen LogP contribution in [0.25, 0.3) is 10.9 Å². The van der Waals surface area contributed by atoms with Crippen molar-refractivity contribution in [2.75, 3.05) is 13.2 Å². The van der Waals surface area contributed by atoms with Gasteiger partial charge in [0.2, 0.25) is 5.56 Å². The van der Waals surface area contributed by atoms with Crippen LogP contribution in [0.4, 0.5) is 0 Å². The molecular formula is C16H20N2O3. The van der Waals surface area contributed by atoms with Gasteiger partial charge in [0.1, 0.15) is 0 Å². The highest BCUT2D eigenvalue weighted by Crippen LogP contribution is 2.19. The lowest BCUT2D eigenvalue weighted by molar-refractivity contribution is 0.0929. The molecule has 0 saturated heterocycles. The van der Waals surface area contributed by atoms with Crippen LogP contribution in [0.5, 0.6) is 0 Å². The van der Waals surface area contributed by atoms with Crippen molar-refractivity contribution in [1.82, 2.24) is 10.3 Å². The lowest BCUT2D eigenvalue weighted by Crippen LogP contribution is -2.35. The third-order valence-electron chi connectivity index (χ3n) is 3.51. The molecule has 1 aromatic carbocycles. The molecule has 0 unspecified atom stereocenters. The predicted molar refractivity (Wildman–Crippen MR) is 82.4 cm³/mol. The number of amides is 1. The first-order valence-electron chi connectivity index (χ1n) is 6.94. The number of nitrogens with one attached hydrogen (secondary N) is 2. The summed E-state index contributed by atoms with van der Waals surface area (Å²) in [5, 5.41) is 12.6. The van der Waals surface area contributed by atoms with E-state index >= 15 is 0 Å². The van der Waals surface area contributed by atoms with Crippen molar-refractivity contribution in [1.29, 1.82) is 0 Å². The zero-order valence-electron chi connectivity index (χ0n) is 12.3. The van der Waals surface area contributed by atoms with Gasteiger partial charge in [-0.25, -0.2) is 0 Å². The Hall–Kier alpha value is -2.14. The largest absolute Gasteiger partial charge is 0.396 e. The average Bonchev–Trinajstić information content (AvgIpc) is 2.44. The summed E-state index contributed by atoms with van der Waals surface area (Å²) in [6, 6.07) is 8.52. The van der Waals surface area contributed by atoms with E-state index in [1.54, 1.807) is 12.1 Å². The Kier molecular flexibility index (Phi) is 4.43. The van der Waals surface area contributed by atoms with Crippen LogP contribution in [-0.4, -0.2) is 29.1 Å². The van der Waals surface area contributed by atoms with Crippen molar-refractivity contribution in [3.05, 3.63) is 46.2 Å². The summed E-state index contributed by atoms with van der Waals surface area (Å²) < 4.78 is 0. The molecule has 21 heavy (non-hydrogen) atoms. The zero-order chi connectivity index (χ0) is 15.5. The molecule has 0 aliphatic rings. The minimum absolute atomic E-state index is 0.0802. The number of aliphatic hydroxyl groups is 1. The molecule has 0 atom stereocenters. The second-order valence-corrected chi connectivity index (χ2v) is 5.91. The summed E-state index contributed by atoms with van der Waals surface area (Å²) in [5.74, 6) is -0.275. The number of para-hydroxylation sites is 1. The van der Waals surface area contributed by atoms with E-state index in [9.17, 15) is 9.59 Å². The summed E-state index contributed by atoms with van der Waals surface area (Å²) in [6.07, 6.45) is 0.601. The molecule has 1 aromatic heterocycles. The Morgan fingerprint density at radius 1 is 1.33 bits per heavy atom. The Morgan fingerprint density at radius 2 is 2.05 bits per heavy atom. The number of H-pyrrole nitrogens is 1. The Labute approximate surface area is 123 Å². The molecule has 0 aliphatic carbocycles. The van der Waals surface area contributed by atoms with Gasteiger partial charge in [-0.3, -0.25) is 9.59 Å². The molecule has 112 valence electrons. The Morgan fingerprint density at radius 3 is 2.76 bits per heavy atom. The van der Waals surface area contributed by atoms with Crippen LogP contribution >= 0.6 is 0 Å². The van der Waals surface area contributed by atoms with Crippen LogP contribution in [0, 0.1) is 5.41 Å². The fraction of sp³-hybridized carbons (Fsp3) is 0.375. The first-order chi connectivity index (χ1) is 9.93. The zero-order valence-corrected chi connectivity index (χ0v) is 12.3. The van der Waals surface area contributed by atoms with Crippen molar-refractivity contribution in [2.45, 2.75) is 20.3 Å². The first kappa shape index (κ1) is 15.3. The standard InChI is InChI=1S/C16H20N2O3/c1-16(2,7-8-19)10-17-15(21)12-9-14(20)18-13-6-4-3-5-11(12)13/h3-6,9,19H,7-8,10H2,1-2H3,(H,17,21)(H,18,20). The number of hydrogen-bond donors (Lipinski definition) is 3. The minimum Gasteiger partial charge on any atom is -0.396 e. The number of carbonyl (C=O) groups is 1. The van der Waals surface area contributed by atoms with Crippen LogP contribution in [0.3, 0.4) is 0 Å². The fourth-order valence-electron chi connectivity index (χ4n) is 2.20. The van der Waals surface area contributed by atoms with Gasteiger partial charge in [-0.15, -0.1) is 0 Å². The molecule has 0 radical (unpaired) electrons. The topological polar surface area (TPSA) is 82.2 Å². The molecule has 2 aromatic rings. The third kappa shape index (κ3) is 3.70. The normalized spacial score (nSPS) is 11.6. The number of benzene rings is 1. The molecule has 0 spiro atoms. The van der Waals surface area contributed by atoms with Gasteiger partial charge < -0.3 is 15.4 Å². The molecule has 0 bridgehead atoms. The molecule has 5 nitrogen and oxygen atoms in total. The van der Waals surface area contributed by atoms with Gasteiger partial charge in [0.05, 0.1) is 5.56 Å². The van der Waals surface area contributed by atoms with E-state index in [4.69, 9.17) is 5.11 Å². The van der Waals surface area contributed by atoms with Crippen molar-refractivity contribution >= 4 is 16.8 Å². The molecule has 0 aliphatic heterocycles. The summed E-state index contributed by atoms with van der Waals surface area (Å²) in [4.78, 5) is 26.7. The molecule has 1 amide bonds. The molecule has 3 N–H and O–H groups in total. The van der Waals surface area contributed by atoms with Crippen LogP contribution in [0.2, 0.25) is 0 Å². The average molecular weight is 288 g/mol. The van der Waals surface area contributed by atoms with Crippen LogP contribution in [0.1, 0.15) is 30.6 Å². The third-order valence-corrected chi connectivity index (χ3v) is 3.51. The lowest BCUT2D eigenvalue weighted by atomic mass is 9.89. The highest BCUT2D eigenvalue weighted by molar-refractivity contribution is 6.05. The molecule has 0 saturated carbocycles. The number of rotatable bonds is 5. The maximum Gasteiger partial charge on any atom is 0.252 e. The number of pyridine rings is 1. The van der Waals surface area contributed by atoms with Crippen molar-refractivity contribution < 1.29 is 9.90 Å². The van der Waals surface area contributed by atoms with Gasteiger partial charge in [-0.1, -0.05) is 32.0 Å².